The molecule has 0 amide bonds. The number of rotatable bonds is 2. The zero-order valence-electron chi connectivity index (χ0n) is 8.08. The molecule has 1 aromatic heterocycles. The smallest absolute Gasteiger partial charge is 0.315 e. The number of hydrogen-bond donors (Lipinski definition) is 3. The molecule has 0 aliphatic heterocycles. The number of nitrogens with zero attached hydrogens (tertiary/aromatic N) is 1. The number of nitrogens with one attached hydrogen (secondary N) is 1. The van der Waals surface area contributed by atoms with Crippen LogP contribution in [0.1, 0.15) is 6.42 Å². The van der Waals surface area contributed by atoms with Crippen molar-refractivity contribution in [2.24, 2.45) is 0 Å². The van der Waals surface area contributed by atoms with Gasteiger partial charge >= 0.3 is 13.3 Å². The topological polar surface area (TPSA) is 112 Å². The van der Waals surface area contributed by atoms with E-state index in [-0.39, 0.29) is 13.0 Å². The standard InChI is InChI=1S/C8H9N2O5P/c11-7-3-5-10(8(12)9-7)4-1-2-6-16(13,14)15/h3,5H,1,4H2,(H,9,11,12)(H2,13,14,15). The number of H-pyrrole nitrogens is 1. The van der Waals surface area contributed by atoms with Crippen LogP contribution in [0, 0.1) is 11.6 Å². The first-order chi connectivity index (χ1) is 7.38. The van der Waals surface area contributed by atoms with Gasteiger partial charge in [-0.25, -0.2) is 9.36 Å². The zero-order valence-corrected chi connectivity index (χ0v) is 8.98. The third-order valence-corrected chi connectivity index (χ3v) is 2.05. The summed E-state index contributed by atoms with van der Waals surface area (Å²) in [5.74, 6) is 2.25. The van der Waals surface area contributed by atoms with Crippen molar-refractivity contribution in [3.8, 4) is 11.6 Å². The maximum absolute atomic E-state index is 11.1. The van der Waals surface area contributed by atoms with E-state index in [4.69, 9.17) is 9.79 Å². The highest BCUT2D eigenvalue weighted by Gasteiger charge is 2.04. The first kappa shape index (κ1) is 12.5. The molecule has 7 nitrogen and oxygen atoms in total. The Morgan fingerprint density at radius 2 is 2.12 bits per heavy atom. The lowest BCUT2D eigenvalue weighted by atomic mass is 10.4. The van der Waals surface area contributed by atoms with Crippen molar-refractivity contribution in [2.45, 2.75) is 13.0 Å². The highest BCUT2D eigenvalue weighted by molar-refractivity contribution is 7.57. The number of aryl methyl sites for hydroxylation is 1. The molecule has 0 saturated heterocycles. The van der Waals surface area contributed by atoms with Crippen molar-refractivity contribution < 1.29 is 14.4 Å². The summed E-state index contributed by atoms with van der Waals surface area (Å²) in [6.45, 7) is 0.155. The Labute approximate surface area is 89.9 Å². The number of hydrogen-bond acceptors (Lipinski definition) is 3. The van der Waals surface area contributed by atoms with E-state index in [0.717, 1.165) is 0 Å². The van der Waals surface area contributed by atoms with E-state index in [1.54, 1.807) is 5.66 Å². The lowest BCUT2D eigenvalue weighted by Gasteiger charge is -1.99. The van der Waals surface area contributed by atoms with Gasteiger partial charge < -0.3 is 9.79 Å². The quantitative estimate of drug-likeness (QED) is 0.459. The number of aromatic nitrogens is 2. The summed E-state index contributed by atoms with van der Waals surface area (Å²) in [5, 5.41) is 0. The maximum atomic E-state index is 11.1. The van der Waals surface area contributed by atoms with Gasteiger partial charge in [0.05, 0.1) is 0 Å². The van der Waals surface area contributed by atoms with Crippen LogP contribution in [0.3, 0.4) is 0 Å². The fraction of sp³-hybridized carbons (Fsp3) is 0.250. The molecule has 3 N–H and O–H groups in total. The van der Waals surface area contributed by atoms with E-state index in [1.807, 2.05) is 4.98 Å². The Bertz CT molecular complexity index is 585. The maximum Gasteiger partial charge on any atom is 0.400 e. The number of aromatic amines is 1. The van der Waals surface area contributed by atoms with E-state index in [2.05, 4.69) is 5.92 Å². The molecule has 0 aliphatic carbocycles. The van der Waals surface area contributed by atoms with Crippen LogP contribution in [0.15, 0.2) is 21.9 Å². The van der Waals surface area contributed by atoms with Gasteiger partial charge in [-0.15, -0.1) is 0 Å². The van der Waals surface area contributed by atoms with Gasteiger partial charge in [0.1, 0.15) is 0 Å². The van der Waals surface area contributed by atoms with Crippen molar-refractivity contribution in [2.75, 3.05) is 0 Å². The van der Waals surface area contributed by atoms with Crippen LogP contribution < -0.4 is 11.2 Å². The van der Waals surface area contributed by atoms with Gasteiger partial charge in [0.2, 0.25) is 0 Å². The second-order valence-electron chi connectivity index (χ2n) is 2.89. The second-order valence-corrected chi connectivity index (χ2v) is 4.20. The summed E-state index contributed by atoms with van der Waals surface area (Å²) in [6.07, 6.45) is 1.40. The monoisotopic (exact) mass is 244 g/mol. The molecule has 1 heterocycles. The van der Waals surface area contributed by atoms with Crippen molar-refractivity contribution in [3.63, 3.8) is 0 Å². The van der Waals surface area contributed by atoms with Gasteiger partial charge in [-0.2, -0.15) is 0 Å². The van der Waals surface area contributed by atoms with Crippen LogP contribution in [-0.4, -0.2) is 19.3 Å². The molecule has 0 atom stereocenters. The van der Waals surface area contributed by atoms with Crippen LogP contribution in [0.5, 0.6) is 0 Å². The fourth-order valence-electron chi connectivity index (χ4n) is 0.956. The minimum atomic E-state index is -4.31. The Morgan fingerprint density at radius 3 is 2.69 bits per heavy atom. The summed E-state index contributed by atoms with van der Waals surface area (Å²) < 4.78 is 11.5. The largest absolute Gasteiger partial charge is 0.400 e. The molecule has 16 heavy (non-hydrogen) atoms. The average molecular weight is 244 g/mol. The Balaban J connectivity index is 2.69. The highest BCUT2D eigenvalue weighted by Crippen LogP contribution is 2.31. The Hall–Kier alpha value is -1.61. The summed E-state index contributed by atoms with van der Waals surface area (Å²) in [4.78, 5) is 40.7. The van der Waals surface area contributed by atoms with Crippen LogP contribution >= 0.6 is 7.60 Å². The van der Waals surface area contributed by atoms with E-state index < -0.39 is 18.8 Å². The molecule has 1 rings (SSSR count). The summed E-state index contributed by atoms with van der Waals surface area (Å²) in [5.41, 5.74) is 0.676. The Kier molecular flexibility index (Phi) is 3.85. The predicted molar refractivity (Wildman–Crippen MR) is 55.8 cm³/mol. The molecule has 86 valence electrons. The van der Waals surface area contributed by atoms with Gasteiger partial charge in [-0.05, 0) is 0 Å². The van der Waals surface area contributed by atoms with Crippen molar-refractivity contribution in [1.82, 2.24) is 9.55 Å². The lowest BCUT2D eigenvalue weighted by molar-refractivity contribution is 0.388. The fourth-order valence-corrected chi connectivity index (χ4v) is 1.27. The zero-order chi connectivity index (χ0) is 12.2. The van der Waals surface area contributed by atoms with Gasteiger partial charge in [0, 0.05) is 30.9 Å². The van der Waals surface area contributed by atoms with Crippen molar-refractivity contribution in [3.05, 3.63) is 33.1 Å². The first-order valence-electron chi connectivity index (χ1n) is 4.24. The Morgan fingerprint density at radius 1 is 1.44 bits per heavy atom. The molecule has 0 aliphatic rings. The summed E-state index contributed by atoms with van der Waals surface area (Å²) in [6, 6.07) is 1.18. The third-order valence-electron chi connectivity index (χ3n) is 1.60. The SMILES string of the molecule is O=c1ccn(CCC#CP(=O)(O)O)c(=O)[nH]1. The molecular formula is C8H9N2O5P. The van der Waals surface area contributed by atoms with E-state index in [9.17, 15) is 14.2 Å². The van der Waals surface area contributed by atoms with Crippen LogP contribution in [0.2, 0.25) is 0 Å². The molecule has 0 fully saturated rings. The molecule has 0 unspecified atom stereocenters. The van der Waals surface area contributed by atoms with E-state index >= 15 is 0 Å². The van der Waals surface area contributed by atoms with E-state index in [0.29, 0.717) is 0 Å². The van der Waals surface area contributed by atoms with Crippen LogP contribution in [0.25, 0.3) is 0 Å². The third kappa shape index (κ3) is 4.28. The molecule has 0 radical (unpaired) electrons. The van der Waals surface area contributed by atoms with Crippen LogP contribution in [-0.2, 0) is 11.1 Å². The molecule has 1 aromatic rings. The van der Waals surface area contributed by atoms with Gasteiger partial charge in [-0.1, -0.05) is 5.92 Å². The van der Waals surface area contributed by atoms with Gasteiger partial charge in [0.25, 0.3) is 5.56 Å². The molecule has 0 spiro atoms. The molecule has 0 bridgehead atoms. The average Bonchev–Trinajstić information content (AvgIpc) is 2.13. The first-order valence-corrected chi connectivity index (χ1v) is 5.85. The highest BCUT2D eigenvalue weighted by atomic mass is 31.2. The van der Waals surface area contributed by atoms with E-state index in [1.165, 1.54) is 16.8 Å². The predicted octanol–water partition coefficient (Wildman–Crippen LogP) is -0.935. The lowest BCUT2D eigenvalue weighted by Crippen LogP contribution is -2.28. The van der Waals surface area contributed by atoms with Gasteiger partial charge in [0.15, 0.2) is 0 Å². The molecule has 8 heteroatoms. The van der Waals surface area contributed by atoms with Crippen molar-refractivity contribution >= 4 is 7.60 Å². The summed E-state index contributed by atoms with van der Waals surface area (Å²) >= 11 is 0. The minimum absolute atomic E-state index is 0.108. The second kappa shape index (κ2) is 4.94. The molecule has 0 saturated carbocycles. The van der Waals surface area contributed by atoms with Crippen LogP contribution in [0.4, 0.5) is 0 Å². The normalized spacial score (nSPS) is 10.6. The molecule has 0 aromatic carbocycles. The molecular weight excluding hydrogens is 235 g/mol. The minimum Gasteiger partial charge on any atom is -0.315 e. The summed E-state index contributed by atoms with van der Waals surface area (Å²) in [7, 11) is -4.31. The van der Waals surface area contributed by atoms with Crippen molar-refractivity contribution in [1.29, 1.82) is 0 Å². The van der Waals surface area contributed by atoms with Gasteiger partial charge in [-0.3, -0.25) is 14.3 Å².